The van der Waals surface area contributed by atoms with E-state index in [2.05, 4.69) is 9.88 Å². The first kappa shape index (κ1) is 15.6. The van der Waals surface area contributed by atoms with E-state index in [1.54, 1.807) is 6.92 Å². The molecule has 1 aromatic rings. The molecule has 1 aromatic heterocycles. The van der Waals surface area contributed by atoms with Gasteiger partial charge < -0.3 is 9.63 Å². The van der Waals surface area contributed by atoms with E-state index in [0.29, 0.717) is 12.2 Å². The normalized spacial score (nSPS) is 13.4. The topological polar surface area (TPSA) is 110 Å². The Balaban J connectivity index is 2.68. The van der Waals surface area contributed by atoms with Gasteiger partial charge in [0.1, 0.15) is 23.2 Å². The molecule has 1 rings (SSSR count). The van der Waals surface area contributed by atoms with Crippen LogP contribution in [0.1, 0.15) is 37.6 Å². The van der Waals surface area contributed by atoms with Crippen LogP contribution in [-0.2, 0) is 20.6 Å². The number of aliphatic carboxylic acids is 1. The van der Waals surface area contributed by atoms with E-state index in [0.717, 1.165) is 6.42 Å². The molecule has 0 fully saturated rings. The lowest BCUT2D eigenvalue weighted by Gasteiger charge is -2.13. The van der Waals surface area contributed by atoms with Crippen LogP contribution in [-0.4, -0.2) is 30.7 Å². The van der Waals surface area contributed by atoms with Crippen molar-refractivity contribution in [1.82, 2.24) is 9.88 Å². The lowest BCUT2D eigenvalue weighted by molar-refractivity contribution is -0.139. The molecule has 0 aliphatic heterocycles. The van der Waals surface area contributed by atoms with Crippen molar-refractivity contribution < 1.29 is 22.8 Å². The average molecular weight is 290 g/mol. The predicted molar refractivity (Wildman–Crippen MR) is 67.9 cm³/mol. The maximum absolute atomic E-state index is 11.8. The van der Waals surface area contributed by atoms with Crippen molar-refractivity contribution in [2.45, 2.75) is 44.9 Å². The van der Waals surface area contributed by atoms with Crippen molar-refractivity contribution in [2.24, 2.45) is 0 Å². The zero-order valence-electron chi connectivity index (χ0n) is 10.9. The van der Waals surface area contributed by atoms with Gasteiger partial charge >= 0.3 is 5.97 Å². The van der Waals surface area contributed by atoms with Gasteiger partial charge in [0.25, 0.3) is 0 Å². The first-order chi connectivity index (χ1) is 8.84. The second-order valence-electron chi connectivity index (χ2n) is 4.34. The first-order valence-corrected chi connectivity index (χ1v) is 7.64. The fraction of sp³-hybridized carbons (Fsp3) is 0.636. The third-order valence-corrected chi connectivity index (χ3v) is 3.80. The molecule has 0 aliphatic rings. The summed E-state index contributed by atoms with van der Waals surface area (Å²) in [5.74, 6) is -1.06. The number of sulfonamides is 1. The summed E-state index contributed by atoms with van der Waals surface area (Å²) in [6, 6.07) is 0.402. The molecule has 108 valence electrons. The van der Waals surface area contributed by atoms with Crippen molar-refractivity contribution in [2.75, 3.05) is 0 Å². The average Bonchev–Trinajstić information content (AvgIpc) is 2.68. The molecule has 19 heavy (non-hydrogen) atoms. The molecule has 0 aromatic carbocycles. The summed E-state index contributed by atoms with van der Waals surface area (Å²) in [6.45, 7) is 3.56. The van der Waals surface area contributed by atoms with E-state index < -0.39 is 22.0 Å². The number of nitrogens with zero attached hydrogens (tertiary/aromatic N) is 1. The van der Waals surface area contributed by atoms with Gasteiger partial charge in [0, 0.05) is 6.07 Å². The molecular weight excluding hydrogens is 272 g/mol. The molecular formula is C11H18N2O5S. The van der Waals surface area contributed by atoms with Crippen molar-refractivity contribution >= 4 is 16.0 Å². The van der Waals surface area contributed by atoms with Gasteiger partial charge in [-0.05, 0) is 13.3 Å². The molecule has 0 spiro atoms. The van der Waals surface area contributed by atoms with Crippen molar-refractivity contribution in [3.05, 3.63) is 17.5 Å². The summed E-state index contributed by atoms with van der Waals surface area (Å²) in [6.07, 6.45) is 1.71. The van der Waals surface area contributed by atoms with Gasteiger partial charge in [0.15, 0.2) is 0 Å². The quantitative estimate of drug-likeness (QED) is 0.740. The van der Waals surface area contributed by atoms with Crippen LogP contribution in [0, 0.1) is 6.92 Å². The number of hydrogen-bond acceptors (Lipinski definition) is 5. The smallest absolute Gasteiger partial charge is 0.321 e. The number of nitrogens with one attached hydrogen (secondary N) is 1. The maximum Gasteiger partial charge on any atom is 0.321 e. The number of hydrogen-bond donors (Lipinski definition) is 2. The predicted octanol–water partition coefficient (Wildman–Crippen LogP) is 1.05. The minimum atomic E-state index is -3.75. The summed E-state index contributed by atoms with van der Waals surface area (Å²) in [5, 5.41) is 12.5. The number of carboxylic acid groups (broad SMARTS) is 1. The van der Waals surface area contributed by atoms with E-state index in [-0.39, 0.29) is 17.9 Å². The van der Waals surface area contributed by atoms with Gasteiger partial charge in [-0.1, -0.05) is 24.9 Å². The molecule has 0 unspecified atom stereocenters. The Morgan fingerprint density at radius 2 is 2.26 bits per heavy atom. The molecule has 2 N–H and O–H groups in total. The van der Waals surface area contributed by atoms with Crippen LogP contribution in [0.5, 0.6) is 0 Å². The molecule has 0 saturated carbocycles. The van der Waals surface area contributed by atoms with Gasteiger partial charge in [-0.15, -0.1) is 0 Å². The highest BCUT2D eigenvalue weighted by Crippen LogP contribution is 2.08. The van der Waals surface area contributed by atoms with Gasteiger partial charge in [-0.2, -0.15) is 0 Å². The summed E-state index contributed by atoms with van der Waals surface area (Å²) in [7, 11) is -3.75. The highest BCUT2D eigenvalue weighted by Gasteiger charge is 2.24. The van der Waals surface area contributed by atoms with E-state index in [1.807, 2.05) is 6.92 Å². The van der Waals surface area contributed by atoms with Gasteiger partial charge in [0.2, 0.25) is 10.0 Å². The minimum absolute atomic E-state index is 0.254. The van der Waals surface area contributed by atoms with Crippen molar-refractivity contribution in [1.29, 1.82) is 0 Å². The fourth-order valence-corrected chi connectivity index (χ4v) is 2.84. The fourth-order valence-electron chi connectivity index (χ4n) is 1.58. The Kier molecular flexibility index (Phi) is 5.49. The Morgan fingerprint density at radius 3 is 2.74 bits per heavy atom. The van der Waals surface area contributed by atoms with Crippen LogP contribution in [0.4, 0.5) is 0 Å². The molecule has 0 bridgehead atoms. The monoisotopic (exact) mass is 290 g/mol. The van der Waals surface area contributed by atoms with Gasteiger partial charge in [-0.25, -0.2) is 13.1 Å². The lowest BCUT2D eigenvalue weighted by atomic mass is 10.1. The number of unbranched alkanes of at least 4 members (excludes halogenated alkanes) is 1. The van der Waals surface area contributed by atoms with E-state index >= 15 is 0 Å². The Labute approximate surface area is 112 Å². The molecule has 0 amide bonds. The minimum Gasteiger partial charge on any atom is -0.480 e. The maximum atomic E-state index is 11.8. The second kappa shape index (κ2) is 6.67. The van der Waals surface area contributed by atoms with Crippen LogP contribution >= 0.6 is 0 Å². The molecule has 7 nitrogen and oxygen atoms in total. The summed E-state index contributed by atoms with van der Waals surface area (Å²) < 4.78 is 30.6. The molecule has 0 aliphatic carbocycles. The lowest BCUT2D eigenvalue weighted by Crippen LogP contribution is -2.41. The number of aromatic nitrogens is 1. The van der Waals surface area contributed by atoms with Crippen LogP contribution < -0.4 is 4.72 Å². The van der Waals surface area contributed by atoms with E-state index in [4.69, 9.17) is 9.63 Å². The highest BCUT2D eigenvalue weighted by atomic mass is 32.2. The molecule has 8 heteroatoms. The zero-order chi connectivity index (χ0) is 14.5. The van der Waals surface area contributed by atoms with Crippen molar-refractivity contribution in [3.63, 3.8) is 0 Å². The van der Waals surface area contributed by atoms with Crippen LogP contribution in [0.25, 0.3) is 0 Å². The van der Waals surface area contributed by atoms with Crippen LogP contribution in [0.3, 0.4) is 0 Å². The SMILES string of the molecule is CCCC[C@H](NS(=O)(=O)Cc1cc(C)on1)C(=O)O. The molecule has 1 heterocycles. The Bertz CT molecular complexity index is 523. The number of rotatable bonds is 8. The Morgan fingerprint density at radius 1 is 1.58 bits per heavy atom. The van der Waals surface area contributed by atoms with Gasteiger partial charge in [0.05, 0.1) is 0 Å². The number of carboxylic acids is 1. The molecule has 0 saturated heterocycles. The third-order valence-electron chi connectivity index (χ3n) is 2.48. The highest BCUT2D eigenvalue weighted by molar-refractivity contribution is 7.88. The summed E-state index contributed by atoms with van der Waals surface area (Å²) >= 11 is 0. The largest absolute Gasteiger partial charge is 0.480 e. The second-order valence-corrected chi connectivity index (χ2v) is 6.09. The zero-order valence-corrected chi connectivity index (χ0v) is 11.7. The van der Waals surface area contributed by atoms with Gasteiger partial charge in [-0.3, -0.25) is 4.79 Å². The third kappa shape index (κ3) is 5.39. The standard InChI is InChI=1S/C11H18N2O5S/c1-3-4-5-10(11(14)15)13-19(16,17)7-9-6-8(2)18-12-9/h6,10,13H,3-5,7H2,1-2H3,(H,14,15)/t10-/m0/s1. The van der Waals surface area contributed by atoms with E-state index in [1.165, 1.54) is 6.07 Å². The van der Waals surface area contributed by atoms with Crippen LogP contribution in [0.2, 0.25) is 0 Å². The number of aryl methyl sites for hydroxylation is 1. The van der Waals surface area contributed by atoms with Crippen LogP contribution in [0.15, 0.2) is 10.6 Å². The summed E-state index contributed by atoms with van der Waals surface area (Å²) in [5.41, 5.74) is 0.254. The van der Waals surface area contributed by atoms with E-state index in [9.17, 15) is 13.2 Å². The Hall–Kier alpha value is -1.41. The number of carbonyl (C=O) groups is 1. The molecule has 1 atom stereocenters. The van der Waals surface area contributed by atoms with Crippen molar-refractivity contribution in [3.8, 4) is 0 Å². The molecule has 0 radical (unpaired) electrons. The first-order valence-electron chi connectivity index (χ1n) is 5.99. The summed E-state index contributed by atoms with van der Waals surface area (Å²) in [4.78, 5) is 11.0.